The van der Waals surface area contributed by atoms with Gasteiger partial charge in [0.1, 0.15) is 6.54 Å². The quantitative estimate of drug-likeness (QED) is 0.652. The lowest BCUT2D eigenvalue weighted by molar-refractivity contribution is 0.381. The molecule has 0 saturated heterocycles. The maximum atomic E-state index is 5.83. The van der Waals surface area contributed by atoms with Gasteiger partial charge in [0.2, 0.25) is 0 Å². The van der Waals surface area contributed by atoms with Crippen LogP contribution in [0.1, 0.15) is 23.9 Å². The van der Waals surface area contributed by atoms with Gasteiger partial charge in [-0.2, -0.15) is 0 Å². The van der Waals surface area contributed by atoms with Crippen LogP contribution < -0.4 is 11.1 Å². The van der Waals surface area contributed by atoms with Gasteiger partial charge in [0.05, 0.1) is 5.69 Å². The summed E-state index contributed by atoms with van der Waals surface area (Å²) in [4.78, 5) is 4.21. The van der Waals surface area contributed by atoms with E-state index in [1.54, 1.807) is 0 Å². The highest BCUT2D eigenvalue weighted by atomic mass is 16.5. The molecule has 0 bridgehead atoms. The second-order valence-electron chi connectivity index (χ2n) is 4.32. The van der Waals surface area contributed by atoms with Crippen molar-refractivity contribution in [2.24, 2.45) is 10.7 Å². The van der Waals surface area contributed by atoms with Crippen molar-refractivity contribution in [1.29, 1.82) is 0 Å². The molecule has 5 heteroatoms. The van der Waals surface area contributed by atoms with Crippen LogP contribution in [0, 0.1) is 6.92 Å². The van der Waals surface area contributed by atoms with Crippen LogP contribution in [0.15, 0.2) is 39.8 Å². The van der Waals surface area contributed by atoms with E-state index in [0.29, 0.717) is 18.3 Å². The Labute approximate surface area is 112 Å². The summed E-state index contributed by atoms with van der Waals surface area (Å²) in [6.45, 7) is 4.37. The van der Waals surface area contributed by atoms with E-state index in [0.717, 1.165) is 17.8 Å². The highest BCUT2D eigenvalue weighted by Gasteiger charge is 2.00. The maximum Gasteiger partial charge on any atom is 0.193 e. The molecule has 1 heterocycles. The molecule has 2 aromatic rings. The molecule has 0 unspecified atom stereocenters. The van der Waals surface area contributed by atoms with Crippen molar-refractivity contribution in [1.82, 2.24) is 5.16 Å². The SMILES string of the molecule is CCc1cccc(NC(N)=NCc2cc(C)no2)c1. The lowest BCUT2D eigenvalue weighted by atomic mass is 10.1. The van der Waals surface area contributed by atoms with Crippen molar-refractivity contribution in [2.75, 3.05) is 5.32 Å². The summed E-state index contributed by atoms with van der Waals surface area (Å²) in [6.07, 6.45) is 0.990. The Hall–Kier alpha value is -2.30. The molecular weight excluding hydrogens is 240 g/mol. The smallest absolute Gasteiger partial charge is 0.193 e. The fraction of sp³-hybridized carbons (Fsp3) is 0.286. The van der Waals surface area contributed by atoms with Crippen molar-refractivity contribution in [3.63, 3.8) is 0 Å². The Morgan fingerprint density at radius 1 is 1.42 bits per heavy atom. The summed E-state index contributed by atoms with van der Waals surface area (Å²) < 4.78 is 5.06. The summed E-state index contributed by atoms with van der Waals surface area (Å²) in [5.41, 5.74) is 8.86. The summed E-state index contributed by atoms with van der Waals surface area (Å²) in [7, 11) is 0. The number of hydrogen-bond donors (Lipinski definition) is 2. The van der Waals surface area contributed by atoms with Gasteiger partial charge in [0.15, 0.2) is 11.7 Å². The highest BCUT2D eigenvalue weighted by Crippen LogP contribution is 2.11. The van der Waals surface area contributed by atoms with Gasteiger partial charge in [-0.3, -0.25) is 0 Å². The molecule has 0 aliphatic rings. The standard InChI is InChI=1S/C14H18N4O/c1-3-11-5-4-6-12(8-11)17-14(15)16-9-13-7-10(2)18-19-13/h4-8H,3,9H2,1-2H3,(H3,15,16,17). The molecule has 0 aliphatic heterocycles. The van der Waals surface area contributed by atoms with Crippen molar-refractivity contribution >= 4 is 11.6 Å². The lowest BCUT2D eigenvalue weighted by Crippen LogP contribution is -2.22. The highest BCUT2D eigenvalue weighted by molar-refractivity contribution is 5.92. The van der Waals surface area contributed by atoms with Crippen LogP contribution in [0.4, 0.5) is 5.69 Å². The fourth-order valence-electron chi connectivity index (χ4n) is 1.71. The van der Waals surface area contributed by atoms with E-state index in [2.05, 4.69) is 34.5 Å². The summed E-state index contributed by atoms with van der Waals surface area (Å²) in [5, 5.41) is 6.86. The Bertz CT molecular complexity index is 574. The summed E-state index contributed by atoms with van der Waals surface area (Å²) in [6, 6.07) is 9.93. The number of nitrogens with two attached hydrogens (primary N) is 1. The number of guanidine groups is 1. The van der Waals surface area contributed by atoms with Gasteiger partial charge in [-0.05, 0) is 31.0 Å². The Morgan fingerprint density at radius 2 is 2.26 bits per heavy atom. The van der Waals surface area contributed by atoms with Gasteiger partial charge in [-0.25, -0.2) is 4.99 Å². The first-order valence-corrected chi connectivity index (χ1v) is 6.25. The summed E-state index contributed by atoms with van der Waals surface area (Å²) in [5.74, 6) is 1.06. The summed E-state index contributed by atoms with van der Waals surface area (Å²) >= 11 is 0. The number of nitrogens with one attached hydrogen (secondary N) is 1. The van der Waals surface area contributed by atoms with Crippen LogP contribution in [-0.4, -0.2) is 11.1 Å². The molecule has 0 saturated carbocycles. The first-order valence-electron chi connectivity index (χ1n) is 6.25. The number of nitrogens with zero attached hydrogens (tertiary/aromatic N) is 2. The number of anilines is 1. The third-order valence-electron chi connectivity index (χ3n) is 2.69. The van der Waals surface area contributed by atoms with Crippen molar-refractivity contribution < 1.29 is 4.52 Å². The van der Waals surface area contributed by atoms with Gasteiger partial charge in [-0.1, -0.05) is 24.2 Å². The predicted molar refractivity (Wildman–Crippen MR) is 76.0 cm³/mol. The van der Waals surface area contributed by atoms with Gasteiger partial charge < -0.3 is 15.6 Å². The third-order valence-corrected chi connectivity index (χ3v) is 2.69. The number of benzene rings is 1. The van der Waals surface area contributed by atoms with Crippen LogP contribution in [0.3, 0.4) is 0 Å². The van der Waals surface area contributed by atoms with Crippen molar-refractivity contribution in [3.8, 4) is 0 Å². The van der Waals surface area contributed by atoms with Gasteiger partial charge in [-0.15, -0.1) is 0 Å². The molecule has 0 aliphatic carbocycles. The lowest BCUT2D eigenvalue weighted by Gasteiger charge is -2.06. The number of aryl methyl sites for hydroxylation is 2. The molecule has 0 radical (unpaired) electrons. The van der Waals surface area contributed by atoms with Crippen LogP contribution in [0.25, 0.3) is 0 Å². The van der Waals surface area contributed by atoms with Crippen LogP contribution in [0.5, 0.6) is 0 Å². The molecule has 3 N–H and O–H groups in total. The number of hydrogen-bond acceptors (Lipinski definition) is 3. The molecule has 0 fully saturated rings. The minimum Gasteiger partial charge on any atom is -0.370 e. The average molecular weight is 258 g/mol. The van der Waals surface area contributed by atoms with Crippen LogP contribution in [-0.2, 0) is 13.0 Å². The monoisotopic (exact) mass is 258 g/mol. The molecule has 1 aromatic heterocycles. The van der Waals surface area contributed by atoms with E-state index in [-0.39, 0.29) is 0 Å². The molecule has 1 aromatic carbocycles. The van der Waals surface area contributed by atoms with E-state index in [1.165, 1.54) is 5.56 Å². The molecule has 5 nitrogen and oxygen atoms in total. The molecule has 0 spiro atoms. The topological polar surface area (TPSA) is 76.4 Å². The fourth-order valence-corrected chi connectivity index (χ4v) is 1.71. The van der Waals surface area contributed by atoms with E-state index in [9.17, 15) is 0 Å². The number of aliphatic imine (C=N–C) groups is 1. The van der Waals surface area contributed by atoms with E-state index in [1.807, 2.05) is 25.1 Å². The zero-order valence-corrected chi connectivity index (χ0v) is 11.2. The molecule has 19 heavy (non-hydrogen) atoms. The molecule has 100 valence electrons. The minimum atomic E-state index is 0.363. The minimum absolute atomic E-state index is 0.363. The zero-order valence-electron chi connectivity index (χ0n) is 11.2. The van der Waals surface area contributed by atoms with Gasteiger partial charge >= 0.3 is 0 Å². The molecule has 0 amide bonds. The first-order chi connectivity index (χ1) is 9.17. The number of rotatable bonds is 4. The first kappa shape index (κ1) is 13.1. The largest absolute Gasteiger partial charge is 0.370 e. The van der Waals surface area contributed by atoms with E-state index in [4.69, 9.17) is 10.3 Å². The van der Waals surface area contributed by atoms with E-state index >= 15 is 0 Å². The number of aromatic nitrogens is 1. The normalized spacial score (nSPS) is 11.6. The third kappa shape index (κ3) is 3.84. The molecular formula is C14H18N4O. The van der Waals surface area contributed by atoms with E-state index < -0.39 is 0 Å². The van der Waals surface area contributed by atoms with Crippen molar-refractivity contribution in [2.45, 2.75) is 26.8 Å². The second-order valence-corrected chi connectivity index (χ2v) is 4.32. The Morgan fingerprint density at radius 3 is 2.95 bits per heavy atom. The predicted octanol–water partition coefficient (Wildman–Crippen LogP) is 2.47. The Kier molecular flexibility index (Phi) is 4.18. The zero-order chi connectivity index (χ0) is 13.7. The molecule has 0 atom stereocenters. The maximum absolute atomic E-state index is 5.83. The van der Waals surface area contributed by atoms with Crippen molar-refractivity contribution in [3.05, 3.63) is 47.3 Å². The Balaban J connectivity index is 1.97. The second kappa shape index (κ2) is 6.04. The van der Waals surface area contributed by atoms with Crippen LogP contribution in [0.2, 0.25) is 0 Å². The average Bonchev–Trinajstić information content (AvgIpc) is 2.82. The van der Waals surface area contributed by atoms with Gasteiger partial charge in [0.25, 0.3) is 0 Å². The molecule has 2 rings (SSSR count). The van der Waals surface area contributed by atoms with Gasteiger partial charge in [0, 0.05) is 11.8 Å². The van der Waals surface area contributed by atoms with Crippen LogP contribution >= 0.6 is 0 Å².